The van der Waals surface area contributed by atoms with Gasteiger partial charge in [-0.15, -0.1) is 0 Å². The second-order valence-corrected chi connectivity index (χ2v) is 8.47. The zero-order chi connectivity index (χ0) is 15.3. The number of hydrogen-bond donors (Lipinski definition) is 0. The van der Waals surface area contributed by atoms with E-state index in [1.165, 1.54) is 44.9 Å². The van der Waals surface area contributed by atoms with Gasteiger partial charge >= 0.3 is 0 Å². The van der Waals surface area contributed by atoms with Crippen molar-refractivity contribution in [3.63, 3.8) is 0 Å². The zero-order valence-corrected chi connectivity index (χ0v) is 14.2. The van der Waals surface area contributed by atoms with Crippen molar-refractivity contribution >= 4 is 5.78 Å². The summed E-state index contributed by atoms with van der Waals surface area (Å²) < 4.78 is 0. The molecule has 3 fully saturated rings. The molecule has 5 atom stereocenters. The van der Waals surface area contributed by atoms with Gasteiger partial charge in [0.1, 0.15) is 5.78 Å². The fourth-order valence-corrected chi connectivity index (χ4v) is 6.22. The highest BCUT2D eigenvalue weighted by molar-refractivity contribution is 5.87. The molecule has 0 aliphatic heterocycles. The van der Waals surface area contributed by atoms with E-state index in [1.54, 1.807) is 11.1 Å². The molecule has 0 spiro atoms. The lowest BCUT2D eigenvalue weighted by molar-refractivity contribution is -0.129. The highest BCUT2D eigenvalue weighted by atomic mass is 16.1. The quantitative estimate of drug-likeness (QED) is 0.661. The first-order valence-electron chi connectivity index (χ1n) is 9.58. The van der Waals surface area contributed by atoms with Crippen LogP contribution in [0.1, 0.15) is 71.6 Å². The Hall–Kier alpha value is -0.850. The molecule has 4 rings (SSSR count). The maximum absolute atomic E-state index is 12.4. The minimum absolute atomic E-state index is 0.0301. The summed E-state index contributed by atoms with van der Waals surface area (Å²) in [7, 11) is 0. The van der Waals surface area contributed by atoms with Crippen LogP contribution in [0.3, 0.4) is 0 Å². The first-order chi connectivity index (χ1) is 10.6. The van der Waals surface area contributed by atoms with E-state index in [-0.39, 0.29) is 5.41 Å². The molecule has 0 saturated heterocycles. The largest absolute Gasteiger partial charge is 0.299 e. The predicted octanol–water partition coefficient (Wildman–Crippen LogP) is 5.46. The molecule has 0 heterocycles. The smallest absolute Gasteiger partial charge is 0.139 e. The number of fused-ring (bicyclic) bond motifs is 5. The van der Waals surface area contributed by atoms with E-state index in [9.17, 15) is 4.79 Å². The molecule has 0 aromatic carbocycles. The fourth-order valence-electron chi connectivity index (χ4n) is 6.22. The molecule has 3 saturated carbocycles. The number of hydrogen-bond acceptors (Lipinski definition) is 1. The fraction of sp³-hybridized carbons (Fsp3) is 0.762. The molecular formula is C21H30O. The lowest BCUT2D eigenvalue weighted by Crippen LogP contribution is -2.44. The normalized spacial score (nSPS) is 43.8. The zero-order valence-electron chi connectivity index (χ0n) is 14.2. The van der Waals surface area contributed by atoms with Gasteiger partial charge in [-0.3, -0.25) is 4.79 Å². The van der Waals surface area contributed by atoms with Crippen molar-refractivity contribution in [3.8, 4) is 0 Å². The van der Waals surface area contributed by atoms with Crippen molar-refractivity contribution in [1.29, 1.82) is 0 Å². The first-order valence-corrected chi connectivity index (χ1v) is 9.58. The van der Waals surface area contributed by atoms with Crippen molar-refractivity contribution in [3.05, 3.63) is 23.3 Å². The van der Waals surface area contributed by atoms with E-state index < -0.39 is 0 Å². The topological polar surface area (TPSA) is 17.1 Å². The third-order valence-corrected chi connectivity index (χ3v) is 7.40. The lowest BCUT2D eigenvalue weighted by Gasteiger charge is -2.50. The molecule has 4 aliphatic rings. The van der Waals surface area contributed by atoms with Gasteiger partial charge in [-0.1, -0.05) is 32.4 Å². The molecule has 0 amide bonds. The van der Waals surface area contributed by atoms with Gasteiger partial charge in [0.2, 0.25) is 0 Å². The Labute approximate surface area is 135 Å². The number of rotatable bonds is 2. The van der Waals surface area contributed by atoms with Gasteiger partial charge < -0.3 is 0 Å². The summed E-state index contributed by atoms with van der Waals surface area (Å²) in [5.41, 5.74) is 3.41. The van der Waals surface area contributed by atoms with Crippen LogP contribution in [0.2, 0.25) is 0 Å². The minimum Gasteiger partial charge on any atom is -0.299 e. The van der Waals surface area contributed by atoms with E-state index in [0.717, 1.165) is 30.6 Å². The molecule has 1 heteroatoms. The number of carbonyl (C=O) groups excluding carboxylic acids is 1. The predicted molar refractivity (Wildman–Crippen MR) is 90.5 cm³/mol. The molecule has 1 nitrogen and oxygen atoms in total. The average Bonchev–Trinajstić information content (AvgIpc) is 2.83. The van der Waals surface area contributed by atoms with Gasteiger partial charge in [-0.2, -0.15) is 0 Å². The van der Waals surface area contributed by atoms with Crippen LogP contribution < -0.4 is 0 Å². The number of Topliss-reactive ketones (excluding diaryl/α,β-unsaturated/α-hetero) is 1. The Morgan fingerprint density at radius 1 is 1.23 bits per heavy atom. The Kier molecular flexibility index (Phi) is 3.58. The van der Waals surface area contributed by atoms with Crippen LogP contribution in [0, 0.1) is 29.1 Å². The van der Waals surface area contributed by atoms with E-state index in [2.05, 4.69) is 26.0 Å². The van der Waals surface area contributed by atoms with Crippen LogP contribution in [0.4, 0.5) is 0 Å². The molecule has 0 aromatic heterocycles. The summed E-state index contributed by atoms with van der Waals surface area (Å²) in [5, 5.41) is 0. The summed E-state index contributed by atoms with van der Waals surface area (Å²) in [6.07, 6.45) is 16.1. The molecule has 120 valence electrons. The van der Waals surface area contributed by atoms with E-state index >= 15 is 0 Å². The second-order valence-electron chi connectivity index (χ2n) is 8.47. The van der Waals surface area contributed by atoms with Crippen molar-refractivity contribution in [2.24, 2.45) is 29.1 Å². The van der Waals surface area contributed by atoms with Crippen LogP contribution in [0.15, 0.2) is 23.3 Å². The highest BCUT2D eigenvalue weighted by Crippen LogP contribution is 2.60. The molecule has 0 bridgehead atoms. The van der Waals surface area contributed by atoms with E-state index in [0.29, 0.717) is 11.7 Å². The van der Waals surface area contributed by atoms with Crippen LogP contribution in [0.5, 0.6) is 0 Å². The van der Waals surface area contributed by atoms with Crippen LogP contribution in [-0.4, -0.2) is 5.78 Å². The Balaban J connectivity index is 1.58. The molecule has 0 N–H and O–H groups in total. The average molecular weight is 298 g/mol. The van der Waals surface area contributed by atoms with Crippen LogP contribution in [-0.2, 0) is 4.79 Å². The van der Waals surface area contributed by atoms with Crippen molar-refractivity contribution in [1.82, 2.24) is 0 Å². The van der Waals surface area contributed by atoms with E-state index in [4.69, 9.17) is 0 Å². The molecule has 5 unspecified atom stereocenters. The van der Waals surface area contributed by atoms with Gasteiger partial charge in [0, 0.05) is 11.8 Å². The maximum Gasteiger partial charge on any atom is 0.139 e. The van der Waals surface area contributed by atoms with Gasteiger partial charge in [0.25, 0.3) is 0 Å². The SMILES string of the molecule is CCCC1C=C2CCC3C(CCC4(C)C(=O)CCC34)C2=CC1. The van der Waals surface area contributed by atoms with Gasteiger partial charge in [0.05, 0.1) is 0 Å². The monoisotopic (exact) mass is 298 g/mol. The summed E-state index contributed by atoms with van der Waals surface area (Å²) in [6, 6.07) is 0. The molecule has 4 aliphatic carbocycles. The van der Waals surface area contributed by atoms with Crippen molar-refractivity contribution in [2.75, 3.05) is 0 Å². The number of ketones is 1. The second kappa shape index (κ2) is 5.35. The molecular weight excluding hydrogens is 268 g/mol. The number of carbonyl (C=O) groups is 1. The van der Waals surface area contributed by atoms with Gasteiger partial charge in [0.15, 0.2) is 0 Å². The Bertz CT molecular complexity index is 540. The van der Waals surface area contributed by atoms with Gasteiger partial charge in [-0.25, -0.2) is 0 Å². The minimum atomic E-state index is 0.0301. The highest BCUT2D eigenvalue weighted by Gasteiger charge is 2.55. The third-order valence-electron chi connectivity index (χ3n) is 7.40. The Morgan fingerprint density at radius 2 is 2.09 bits per heavy atom. The van der Waals surface area contributed by atoms with Crippen LogP contribution in [0.25, 0.3) is 0 Å². The van der Waals surface area contributed by atoms with Crippen LogP contribution >= 0.6 is 0 Å². The molecule has 22 heavy (non-hydrogen) atoms. The van der Waals surface area contributed by atoms with Crippen molar-refractivity contribution in [2.45, 2.75) is 71.6 Å². The maximum atomic E-state index is 12.4. The Morgan fingerprint density at radius 3 is 2.91 bits per heavy atom. The lowest BCUT2D eigenvalue weighted by atomic mass is 9.54. The molecule has 0 radical (unpaired) electrons. The first kappa shape index (κ1) is 14.7. The third kappa shape index (κ3) is 2.07. The van der Waals surface area contributed by atoms with E-state index in [1.807, 2.05) is 0 Å². The molecule has 0 aromatic rings. The number of allylic oxidation sites excluding steroid dienone is 4. The van der Waals surface area contributed by atoms with Crippen molar-refractivity contribution < 1.29 is 4.79 Å². The van der Waals surface area contributed by atoms with Gasteiger partial charge in [-0.05, 0) is 79.8 Å². The standard InChI is InChI=1S/C21H30O/c1-3-4-14-5-7-16-15(13-14)6-8-18-17(16)11-12-21(2)19(18)9-10-20(21)22/h7,13-14,17-19H,3-6,8-12H2,1-2H3. The summed E-state index contributed by atoms with van der Waals surface area (Å²) >= 11 is 0. The summed E-state index contributed by atoms with van der Waals surface area (Å²) in [6.45, 7) is 4.58. The summed E-state index contributed by atoms with van der Waals surface area (Å²) in [5.74, 6) is 3.59. The summed E-state index contributed by atoms with van der Waals surface area (Å²) in [4.78, 5) is 12.4.